The molecule has 114 valence electrons. The van der Waals surface area contributed by atoms with E-state index in [2.05, 4.69) is 52.2 Å². The molecule has 1 aromatic rings. The van der Waals surface area contributed by atoms with Crippen LogP contribution in [0.15, 0.2) is 24.3 Å². The lowest BCUT2D eigenvalue weighted by molar-refractivity contribution is -0.129. The molecule has 0 heterocycles. The summed E-state index contributed by atoms with van der Waals surface area (Å²) in [5.74, 6) is 0.248. The zero-order valence-corrected chi connectivity index (χ0v) is 15.2. The first kappa shape index (κ1) is 19.7. The molecule has 0 saturated heterocycles. The number of halogens is 2. The van der Waals surface area contributed by atoms with E-state index in [0.717, 1.165) is 32.4 Å². The summed E-state index contributed by atoms with van der Waals surface area (Å²) in [6.07, 6.45) is 3.76. The van der Waals surface area contributed by atoms with Crippen molar-refractivity contribution in [2.24, 2.45) is 0 Å². The third kappa shape index (κ3) is 8.07. The van der Waals surface area contributed by atoms with Gasteiger partial charge < -0.3 is 10.2 Å². The first-order valence-electron chi connectivity index (χ1n) is 6.76. The normalized spacial score (nSPS) is 9.95. The fourth-order valence-corrected chi connectivity index (χ4v) is 2.21. The Hall–Kier alpha value is -0.330. The summed E-state index contributed by atoms with van der Waals surface area (Å²) >= 11 is 2.31. The Bertz CT molecular complexity index is 384. The van der Waals surface area contributed by atoms with Crippen molar-refractivity contribution in [3.05, 3.63) is 33.4 Å². The van der Waals surface area contributed by atoms with Crippen LogP contribution in [0.3, 0.4) is 0 Å². The quantitative estimate of drug-likeness (QED) is 0.527. The van der Waals surface area contributed by atoms with E-state index in [1.807, 2.05) is 14.1 Å². The fourth-order valence-electron chi connectivity index (χ4n) is 1.85. The van der Waals surface area contributed by atoms with Crippen LogP contribution in [0.2, 0.25) is 0 Å². The highest BCUT2D eigenvalue weighted by Gasteiger charge is 2.07. The van der Waals surface area contributed by atoms with Gasteiger partial charge in [0.1, 0.15) is 0 Å². The van der Waals surface area contributed by atoms with Crippen LogP contribution in [0.5, 0.6) is 0 Å². The molecule has 0 aliphatic rings. The van der Waals surface area contributed by atoms with Crippen LogP contribution in [0.25, 0.3) is 0 Å². The summed E-state index contributed by atoms with van der Waals surface area (Å²) in [6.45, 7) is 1.64. The van der Waals surface area contributed by atoms with Crippen LogP contribution in [0, 0.1) is 3.57 Å². The van der Waals surface area contributed by atoms with Gasteiger partial charge in [0.25, 0.3) is 0 Å². The van der Waals surface area contributed by atoms with E-state index in [-0.39, 0.29) is 18.3 Å². The molecular weight excluding hydrogens is 387 g/mol. The lowest BCUT2D eigenvalue weighted by Crippen LogP contribution is -2.32. The second-order valence-corrected chi connectivity index (χ2v) is 6.00. The molecule has 3 nitrogen and oxygen atoms in total. The van der Waals surface area contributed by atoms with Crippen molar-refractivity contribution in [2.45, 2.75) is 25.7 Å². The van der Waals surface area contributed by atoms with Crippen LogP contribution in [0.1, 0.15) is 24.8 Å². The maximum atomic E-state index is 11.8. The Morgan fingerprint density at radius 3 is 2.50 bits per heavy atom. The van der Waals surface area contributed by atoms with Crippen molar-refractivity contribution in [2.75, 3.05) is 27.2 Å². The van der Waals surface area contributed by atoms with Crippen molar-refractivity contribution >= 4 is 40.9 Å². The van der Waals surface area contributed by atoms with Crippen LogP contribution < -0.4 is 5.32 Å². The van der Waals surface area contributed by atoms with E-state index in [0.29, 0.717) is 6.42 Å². The summed E-state index contributed by atoms with van der Waals surface area (Å²) in [7, 11) is 3.78. The summed E-state index contributed by atoms with van der Waals surface area (Å²) < 4.78 is 1.27. The molecule has 0 saturated carbocycles. The standard InChI is InChI=1S/C15H23IN2O.ClH/c1-17-11-12-18(2)15(19)6-4-3-5-13-7-9-14(16)10-8-13;/h7-10,17H,3-6,11-12H2,1-2H3;1H. The van der Waals surface area contributed by atoms with Crippen LogP contribution in [-0.4, -0.2) is 38.0 Å². The van der Waals surface area contributed by atoms with Crippen molar-refractivity contribution in [1.82, 2.24) is 10.2 Å². The largest absolute Gasteiger partial charge is 0.344 e. The zero-order valence-electron chi connectivity index (χ0n) is 12.2. The summed E-state index contributed by atoms with van der Waals surface area (Å²) in [6, 6.07) is 8.60. The van der Waals surface area contributed by atoms with Gasteiger partial charge in [-0.1, -0.05) is 12.1 Å². The van der Waals surface area contributed by atoms with Gasteiger partial charge in [0.2, 0.25) is 5.91 Å². The highest BCUT2D eigenvalue weighted by atomic mass is 127. The number of likely N-dealkylation sites (N-methyl/N-ethyl adjacent to an activating group) is 2. The number of carbonyl (C=O) groups excluding carboxylic acids is 1. The Morgan fingerprint density at radius 2 is 1.90 bits per heavy atom. The molecule has 0 unspecified atom stereocenters. The zero-order chi connectivity index (χ0) is 14.1. The molecule has 5 heteroatoms. The molecule has 1 aromatic carbocycles. The molecule has 1 rings (SSSR count). The number of hydrogen-bond acceptors (Lipinski definition) is 2. The molecular formula is C15H24ClIN2O. The van der Waals surface area contributed by atoms with Gasteiger partial charge in [-0.15, -0.1) is 12.4 Å². The summed E-state index contributed by atoms with van der Waals surface area (Å²) in [4.78, 5) is 13.6. The Balaban J connectivity index is 0.00000361. The fraction of sp³-hybridized carbons (Fsp3) is 0.533. The minimum atomic E-state index is 0. The van der Waals surface area contributed by atoms with E-state index >= 15 is 0 Å². The lowest BCUT2D eigenvalue weighted by atomic mass is 10.1. The highest BCUT2D eigenvalue weighted by molar-refractivity contribution is 14.1. The van der Waals surface area contributed by atoms with Gasteiger partial charge in [0.15, 0.2) is 0 Å². The van der Waals surface area contributed by atoms with Crippen LogP contribution in [-0.2, 0) is 11.2 Å². The van der Waals surface area contributed by atoms with Crippen LogP contribution in [0.4, 0.5) is 0 Å². The molecule has 1 amide bonds. The van der Waals surface area contributed by atoms with E-state index in [1.165, 1.54) is 9.13 Å². The van der Waals surface area contributed by atoms with Crippen LogP contribution >= 0.6 is 35.0 Å². The Kier molecular flexibility index (Phi) is 11.2. The molecule has 0 aliphatic heterocycles. The van der Waals surface area contributed by atoms with E-state index in [9.17, 15) is 4.79 Å². The molecule has 20 heavy (non-hydrogen) atoms. The molecule has 0 aromatic heterocycles. The first-order chi connectivity index (χ1) is 9.13. The van der Waals surface area contributed by atoms with Gasteiger partial charge in [-0.25, -0.2) is 0 Å². The minimum absolute atomic E-state index is 0. The average molecular weight is 411 g/mol. The SMILES string of the molecule is CNCCN(C)C(=O)CCCCc1ccc(I)cc1.Cl. The average Bonchev–Trinajstić information content (AvgIpc) is 2.42. The monoisotopic (exact) mass is 410 g/mol. The number of aryl methyl sites for hydroxylation is 1. The van der Waals surface area contributed by atoms with Gasteiger partial charge >= 0.3 is 0 Å². The Morgan fingerprint density at radius 1 is 1.25 bits per heavy atom. The lowest BCUT2D eigenvalue weighted by Gasteiger charge is -2.16. The van der Waals surface area contributed by atoms with Crippen molar-refractivity contribution < 1.29 is 4.79 Å². The van der Waals surface area contributed by atoms with Gasteiger partial charge in [-0.05, 0) is 66.6 Å². The molecule has 0 bridgehead atoms. The third-order valence-electron chi connectivity index (χ3n) is 3.14. The van der Waals surface area contributed by atoms with E-state index in [4.69, 9.17) is 0 Å². The highest BCUT2D eigenvalue weighted by Crippen LogP contribution is 2.10. The predicted molar refractivity (Wildman–Crippen MR) is 95.5 cm³/mol. The molecule has 0 radical (unpaired) electrons. The third-order valence-corrected chi connectivity index (χ3v) is 3.86. The van der Waals surface area contributed by atoms with Crippen molar-refractivity contribution in [3.8, 4) is 0 Å². The smallest absolute Gasteiger partial charge is 0.222 e. The van der Waals surface area contributed by atoms with Gasteiger partial charge in [0, 0.05) is 30.1 Å². The maximum absolute atomic E-state index is 11.8. The van der Waals surface area contributed by atoms with Crippen molar-refractivity contribution in [3.63, 3.8) is 0 Å². The number of carbonyl (C=O) groups is 1. The minimum Gasteiger partial charge on any atom is -0.344 e. The summed E-state index contributed by atoms with van der Waals surface area (Å²) in [5.41, 5.74) is 1.36. The number of nitrogens with zero attached hydrogens (tertiary/aromatic N) is 1. The summed E-state index contributed by atoms with van der Waals surface area (Å²) in [5, 5.41) is 3.05. The number of amides is 1. The van der Waals surface area contributed by atoms with E-state index < -0.39 is 0 Å². The second-order valence-electron chi connectivity index (χ2n) is 4.75. The number of benzene rings is 1. The second kappa shape index (κ2) is 11.3. The van der Waals surface area contributed by atoms with Gasteiger partial charge in [-0.3, -0.25) is 4.79 Å². The predicted octanol–water partition coefficient (Wildman–Crippen LogP) is 3.10. The molecule has 0 spiro atoms. The molecule has 0 atom stereocenters. The van der Waals surface area contributed by atoms with Gasteiger partial charge in [-0.2, -0.15) is 0 Å². The number of rotatable bonds is 8. The molecule has 1 N–H and O–H groups in total. The molecule has 0 aliphatic carbocycles. The Labute approximate surface area is 142 Å². The first-order valence-corrected chi connectivity index (χ1v) is 7.84. The maximum Gasteiger partial charge on any atom is 0.222 e. The number of hydrogen-bond donors (Lipinski definition) is 1. The number of nitrogens with one attached hydrogen (secondary N) is 1. The van der Waals surface area contributed by atoms with E-state index in [1.54, 1.807) is 4.90 Å². The van der Waals surface area contributed by atoms with Gasteiger partial charge in [0.05, 0.1) is 0 Å². The molecule has 0 fully saturated rings. The number of unbranched alkanes of at least 4 members (excludes halogenated alkanes) is 1. The topological polar surface area (TPSA) is 32.3 Å². The van der Waals surface area contributed by atoms with Crippen molar-refractivity contribution in [1.29, 1.82) is 0 Å².